The third kappa shape index (κ3) is 4.96. The number of hydrogen-bond acceptors (Lipinski definition) is 5. The van der Waals surface area contributed by atoms with E-state index in [1.165, 1.54) is 4.90 Å². The fourth-order valence-electron chi connectivity index (χ4n) is 6.16. The molecular formula is C34H34F2N8O. The van der Waals surface area contributed by atoms with E-state index in [1.54, 1.807) is 49.1 Å². The summed E-state index contributed by atoms with van der Waals surface area (Å²) in [7, 11) is 7.21. The summed E-state index contributed by atoms with van der Waals surface area (Å²) in [5.41, 5.74) is 6.16. The number of pyridine rings is 1. The van der Waals surface area contributed by atoms with E-state index in [2.05, 4.69) is 27.8 Å². The second kappa shape index (κ2) is 10.9. The van der Waals surface area contributed by atoms with Crippen LogP contribution in [-0.2, 0) is 27.1 Å². The van der Waals surface area contributed by atoms with Gasteiger partial charge in [0, 0.05) is 68.1 Å². The van der Waals surface area contributed by atoms with Crippen LogP contribution in [0.3, 0.4) is 0 Å². The maximum atomic E-state index is 16.2. The van der Waals surface area contributed by atoms with Gasteiger partial charge in [-0.3, -0.25) is 9.48 Å². The number of alkyl halides is 1. The fourth-order valence-corrected chi connectivity index (χ4v) is 6.16. The van der Waals surface area contributed by atoms with E-state index in [0.717, 1.165) is 45.7 Å². The van der Waals surface area contributed by atoms with Crippen molar-refractivity contribution in [2.75, 3.05) is 14.1 Å². The van der Waals surface area contributed by atoms with Gasteiger partial charge in [-0.1, -0.05) is 31.2 Å². The molecule has 4 aromatic heterocycles. The zero-order chi connectivity index (χ0) is 31.6. The lowest BCUT2D eigenvalue weighted by Crippen LogP contribution is -2.21. The summed E-state index contributed by atoms with van der Waals surface area (Å²) in [4.78, 5) is 23.7. The van der Waals surface area contributed by atoms with Gasteiger partial charge in [0.25, 0.3) is 5.91 Å². The number of carbonyl (C=O) groups is 1. The van der Waals surface area contributed by atoms with E-state index in [1.807, 2.05) is 32.4 Å². The molecule has 230 valence electrons. The summed E-state index contributed by atoms with van der Waals surface area (Å²) in [5, 5.41) is 10.2. The number of aryl methyl sites for hydroxylation is 2. The molecule has 1 atom stereocenters. The second-order valence-electron chi connectivity index (χ2n) is 12.0. The highest BCUT2D eigenvalue weighted by Crippen LogP contribution is 2.47. The average molecular weight is 609 g/mol. The van der Waals surface area contributed by atoms with Crippen molar-refractivity contribution in [3.63, 3.8) is 0 Å². The highest BCUT2D eigenvalue weighted by molar-refractivity contribution is 5.95. The van der Waals surface area contributed by atoms with Crippen LogP contribution in [0.15, 0.2) is 54.7 Å². The van der Waals surface area contributed by atoms with E-state index in [4.69, 9.17) is 9.97 Å². The number of amides is 1. The maximum Gasteiger partial charge on any atom is 0.253 e. The maximum absolute atomic E-state index is 16.2. The molecule has 0 bridgehead atoms. The minimum atomic E-state index is -1.52. The summed E-state index contributed by atoms with van der Waals surface area (Å²) < 4.78 is 36.7. The van der Waals surface area contributed by atoms with Crippen molar-refractivity contribution >= 4 is 27.8 Å². The first-order chi connectivity index (χ1) is 21.6. The van der Waals surface area contributed by atoms with Crippen molar-refractivity contribution in [2.24, 2.45) is 14.1 Å². The van der Waals surface area contributed by atoms with Crippen LogP contribution in [0.2, 0.25) is 0 Å². The lowest BCUT2D eigenvalue weighted by atomic mass is 10.0. The van der Waals surface area contributed by atoms with Gasteiger partial charge in [0.15, 0.2) is 5.65 Å². The topological polar surface area (TPSA) is 86.7 Å². The number of imidazole rings is 1. The van der Waals surface area contributed by atoms with Crippen LogP contribution in [0.1, 0.15) is 59.2 Å². The van der Waals surface area contributed by atoms with E-state index >= 15 is 8.78 Å². The number of carbonyl (C=O) groups excluding carboxylic acids is 1. The molecule has 1 aliphatic rings. The Labute approximate surface area is 259 Å². The second-order valence-corrected chi connectivity index (χ2v) is 12.0. The Kier molecular flexibility index (Phi) is 6.98. The molecule has 1 unspecified atom stereocenters. The van der Waals surface area contributed by atoms with Gasteiger partial charge in [-0.25, -0.2) is 19.0 Å². The molecule has 4 heterocycles. The van der Waals surface area contributed by atoms with Gasteiger partial charge in [-0.15, -0.1) is 0 Å². The molecule has 0 aliphatic heterocycles. The molecule has 9 nitrogen and oxygen atoms in total. The van der Waals surface area contributed by atoms with E-state index in [-0.39, 0.29) is 12.5 Å². The number of benzene rings is 2. The molecule has 7 rings (SSSR count). The molecule has 1 amide bonds. The minimum absolute atomic E-state index is 0.170. The van der Waals surface area contributed by atoms with Gasteiger partial charge in [-0.05, 0) is 49.1 Å². The van der Waals surface area contributed by atoms with Gasteiger partial charge in [0.1, 0.15) is 12.0 Å². The van der Waals surface area contributed by atoms with Gasteiger partial charge in [0.05, 0.1) is 28.8 Å². The van der Waals surface area contributed by atoms with Gasteiger partial charge in [0.2, 0.25) is 5.95 Å². The molecule has 0 N–H and O–H groups in total. The molecule has 2 aromatic carbocycles. The summed E-state index contributed by atoms with van der Waals surface area (Å²) in [6.45, 7) is 1.76. The van der Waals surface area contributed by atoms with Crippen molar-refractivity contribution in [2.45, 2.75) is 44.8 Å². The Bertz CT molecular complexity index is 2090. The molecule has 0 radical (unpaired) electrons. The average Bonchev–Trinajstić information content (AvgIpc) is 3.61. The standard InChI is InChI=1S/C34H34F2N8O/c1-6-26-24(16-22-17-42(4)40-32(22)37-26)33-38-29(30(43(33)5)20-12-13-20)23-8-7-9-27-28(23)31(36)44(39-27)18-25(35)19-10-14-21(15-11-19)34(45)41(2)3/h7-11,14-17,20,25H,6,12-13,18H2,1-5H3. The van der Waals surface area contributed by atoms with Crippen LogP contribution in [-0.4, -0.2) is 59.0 Å². The Morgan fingerprint density at radius 1 is 1.04 bits per heavy atom. The van der Waals surface area contributed by atoms with Crippen molar-refractivity contribution in [3.05, 3.63) is 83.2 Å². The van der Waals surface area contributed by atoms with Crippen LogP contribution < -0.4 is 0 Å². The summed E-state index contributed by atoms with van der Waals surface area (Å²) in [5.74, 6) is 0.311. The monoisotopic (exact) mass is 608 g/mol. The normalized spacial score (nSPS) is 14.0. The quantitative estimate of drug-likeness (QED) is 0.200. The predicted molar refractivity (Wildman–Crippen MR) is 169 cm³/mol. The summed E-state index contributed by atoms with van der Waals surface area (Å²) in [6, 6.07) is 13.8. The van der Waals surface area contributed by atoms with Crippen LogP contribution in [0.5, 0.6) is 0 Å². The third-order valence-electron chi connectivity index (χ3n) is 8.59. The molecule has 45 heavy (non-hydrogen) atoms. The first-order valence-corrected chi connectivity index (χ1v) is 15.2. The number of rotatable bonds is 8. The highest BCUT2D eigenvalue weighted by Gasteiger charge is 2.34. The molecule has 0 saturated heterocycles. The minimum Gasteiger partial charge on any atom is -0.345 e. The Morgan fingerprint density at radius 2 is 1.80 bits per heavy atom. The smallest absolute Gasteiger partial charge is 0.253 e. The van der Waals surface area contributed by atoms with E-state index in [9.17, 15) is 4.79 Å². The van der Waals surface area contributed by atoms with E-state index in [0.29, 0.717) is 51.3 Å². The Morgan fingerprint density at radius 3 is 2.49 bits per heavy atom. The van der Waals surface area contributed by atoms with Gasteiger partial charge >= 0.3 is 0 Å². The number of hydrogen-bond donors (Lipinski definition) is 0. The van der Waals surface area contributed by atoms with Crippen molar-refractivity contribution in [3.8, 4) is 22.6 Å². The largest absolute Gasteiger partial charge is 0.345 e. The van der Waals surface area contributed by atoms with Crippen molar-refractivity contribution in [1.29, 1.82) is 0 Å². The van der Waals surface area contributed by atoms with Crippen molar-refractivity contribution < 1.29 is 13.6 Å². The van der Waals surface area contributed by atoms with Gasteiger partial charge in [-0.2, -0.15) is 14.6 Å². The van der Waals surface area contributed by atoms with E-state index < -0.39 is 12.1 Å². The lowest BCUT2D eigenvalue weighted by Gasteiger charge is -2.12. The number of halogens is 2. The number of aromatic nitrogens is 7. The van der Waals surface area contributed by atoms with Crippen LogP contribution in [0.25, 0.3) is 44.6 Å². The first-order valence-electron chi connectivity index (χ1n) is 15.2. The molecule has 0 spiro atoms. The molecule has 1 aliphatic carbocycles. The molecule has 1 fully saturated rings. The van der Waals surface area contributed by atoms with Crippen LogP contribution >= 0.6 is 0 Å². The Balaban J connectivity index is 1.29. The Hall–Kier alpha value is -4.93. The highest BCUT2D eigenvalue weighted by atomic mass is 19.1. The number of fused-ring (bicyclic) bond motifs is 2. The van der Waals surface area contributed by atoms with Crippen LogP contribution in [0, 0.1) is 5.95 Å². The zero-order valence-electron chi connectivity index (χ0n) is 25.9. The molecule has 11 heteroatoms. The van der Waals surface area contributed by atoms with Crippen molar-refractivity contribution in [1.82, 2.24) is 39.0 Å². The molecule has 6 aromatic rings. The zero-order valence-corrected chi connectivity index (χ0v) is 25.9. The summed E-state index contributed by atoms with van der Waals surface area (Å²) in [6.07, 6.45) is 3.20. The first kappa shape index (κ1) is 28.8. The van der Waals surface area contributed by atoms with Gasteiger partial charge < -0.3 is 9.47 Å². The molecular weight excluding hydrogens is 574 g/mol. The number of nitrogens with zero attached hydrogens (tertiary/aromatic N) is 8. The van der Waals surface area contributed by atoms with Crippen LogP contribution in [0.4, 0.5) is 8.78 Å². The third-order valence-corrected chi connectivity index (χ3v) is 8.59. The molecule has 1 saturated carbocycles. The lowest BCUT2D eigenvalue weighted by molar-refractivity contribution is 0.0827. The predicted octanol–water partition coefficient (Wildman–Crippen LogP) is 6.38. The fraction of sp³-hybridized carbons (Fsp3) is 0.324. The SMILES string of the molecule is CCc1nc2nn(C)cc2cc1-c1nc(-c2cccc3nn(CC(F)c4ccc(C(=O)N(C)C)cc4)c(F)c23)c(C2CC2)n1C. The summed E-state index contributed by atoms with van der Waals surface area (Å²) >= 11 is 0.